The molecule has 0 unspecified atom stereocenters. The predicted molar refractivity (Wildman–Crippen MR) is 82.2 cm³/mol. The summed E-state index contributed by atoms with van der Waals surface area (Å²) < 4.78 is 2.07. The number of aryl methyl sites for hydroxylation is 2. The predicted octanol–water partition coefficient (Wildman–Crippen LogP) is 2.08. The molecule has 2 aromatic heterocycles. The first-order valence-electron chi connectivity index (χ1n) is 7.84. The molecular formula is C16H24N4O. The molecule has 5 nitrogen and oxygen atoms in total. The lowest BCUT2D eigenvalue weighted by molar-refractivity contribution is 0.227. The minimum atomic E-state index is 0.287. The number of unbranched alkanes of at least 4 members (excludes halogenated alkanes) is 1. The van der Waals surface area contributed by atoms with Crippen LogP contribution in [-0.4, -0.2) is 43.6 Å². The Morgan fingerprint density at radius 1 is 1.29 bits per heavy atom. The highest BCUT2D eigenvalue weighted by Gasteiger charge is 2.29. The van der Waals surface area contributed by atoms with Gasteiger partial charge in [-0.25, -0.2) is 9.97 Å². The molecule has 2 heterocycles. The van der Waals surface area contributed by atoms with Crippen molar-refractivity contribution in [2.75, 3.05) is 13.2 Å². The molecule has 0 spiro atoms. The number of rotatable bonds is 7. The number of aromatic nitrogens is 3. The van der Waals surface area contributed by atoms with Crippen molar-refractivity contribution in [2.45, 2.75) is 52.1 Å². The second kappa shape index (κ2) is 6.12. The maximum atomic E-state index is 8.93. The Kier molecular flexibility index (Phi) is 4.22. The third-order valence-electron chi connectivity index (χ3n) is 4.09. The highest BCUT2D eigenvalue weighted by molar-refractivity contribution is 5.34. The quantitative estimate of drug-likeness (QED) is 0.793. The Labute approximate surface area is 125 Å². The molecule has 0 aromatic carbocycles. The average molecular weight is 288 g/mol. The summed E-state index contributed by atoms with van der Waals surface area (Å²) in [4.78, 5) is 11.7. The summed E-state index contributed by atoms with van der Waals surface area (Å²) in [5.74, 6) is 0.800. The van der Waals surface area contributed by atoms with Crippen molar-refractivity contribution in [3.05, 3.63) is 29.3 Å². The molecule has 1 aliphatic carbocycles. The van der Waals surface area contributed by atoms with Crippen LogP contribution in [0.5, 0.6) is 0 Å². The molecule has 1 aliphatic rings. The largest absolute Gasteiger partial charge is 0.396 e. The summed E-state index contributed by atoms with van der Waals surface area (Å²) in [6, 6.07) is 2.79. The van der Waals surface area contributed by atoms with Crippen molar-refractivity contribution >= 4 is 5.78 Å². The van der Waals surface area contributed by atoms with Gasteiger partial charge < -0.3 is 5.11 Å². The number of imidazole rings is 1. The number of nitrogens with zero attached hydrogens (tertiary/aromatic N) is 4. The summed E-state index contributed by atoms with van der Waals surface area (Å²) in [7, 11) is 0. The number of hydrogen-bond donors (Lipinski definition) is 1. The van der Waals surface area contributed by atoms with E-state index in [0.717, 1.165) is 43.1 Å². The number of aliphatic hydroxyl groups excluding tert-OH is 1. The van der Waals surface area contributed by atoms with Gasteiger partial charge in [0, 0.05) is 36.8 Å². The van der Waals surface area contributed by atoms with Crippen molar-refractivity contribution < 1.29 is 5.11 Å². The first-order valence-corrected chi connectivity index (χ1v) is 7.84. The van der Waals surface area contributed by atoms with Crippen LogP contribution in [0.2, 0.25) is 0 Å². The van der Waals surface area contributed by atoms with Crippen LogP contribution in [0.25, 0.3) is 5.78 Å². The minimum Gasteiger partial charge on any atom is -0.396 e. The molecule has 1 N–H and O–H groups in total. The zero-order valence-electron chi connectivity index (χ0n) is 12.9. The van der Waals surface area contributed by atoms with E-state index in [-0.39, 0.29) is 6.61 Å². The summed E-state index contributed by atoms with van der Waals surface area (Å²) >= 11 is 0. The van der Waals surface area contributed by atoms with Gasteiger partial charge in [-0.15, -0.1) is 0 Å². The van der Waals surface area contributed by atoms with Gasteiger partial charge in [-0.1, -0.05) is 0 Å². The number of aliphatic hydroxyl groups is 1. The number of hydrogen-bond acceptors (Lipinski definition) is 4. The summed E-state index contributed by atoms with van der Waals surface area (Å²) in [5.41, 5.74) is 3.28. The molecule has 0 atom stereocenters. The third-order valence-corrected chi connectivity index (χ3v) is 4.09. The van der Waals surface area contributed by atoms with E-state index in [1.165, 1.54) is 18.5 Å². The maximum absolute atomic E-state index is 8.93. The van der Waals surface area contributed by atoms with Crippen LogP contribution in [0, 0.1) is 13.8 Å². The minimum absolute atomic E-state index is 0.287. The Balaban J connectivity index is 1.74. The SMILES string of the molecule is Cc1cc(C)n2cc(CN(CCCCO)C3CC3)nc2n1. The van der Waals surface area contributed by atoms with E-state index in [4.69, 9.17) is 5.11 Å². The van der Waals surface area contributed by atoms with Crippen molar-refractivity contribution in [1.82, 2.24) is 19.3 Å². The van der Waals surface area contributed by atoms with E-state index in [1.54, 1.807) is 0 Å². The van der Waals surface area contributed by atoms with Gasteiger partial charge in [0.1, 0.15) is 0 Å². The van der Waals surface area contributed by atoms with E-state index >= 15 is 0 Å². The molecule has 0 saturated heterocycles. The van der Waals surface area contributed by atoms with Crippen LogP contribution in [-0.2, 0) is 6.54 Å². The maximum Gasteiger partial charge on any atom is 0.234 e. The van der Waals surface area contributed by atoms with Crippen LogP contribution >= 0.6 is 0 Å². The molecule has 0 bridgehead atoms. The van der Waals surface area contributed by atoms with E-state index in [1.807, 2.05) is 6.92 Å². The molecule has 0 amide bonds. The van der Waals surface area contributed by atoms with Crippen molar-refractivity contribution in [3.63, 3.8) is 0 Å². The highest BCUT2D eigenvalue weighted by Crippen LogP contribution is 2.28. The average Bonchev–Trinajstić information content (AvgIpc) is 3.19. The lowest BCUT2D eigenvalue weighted by Gasteiger charge is -2.20. The normalized spacial score (nSPS) is 15.2. The van der Waals surface area contributed by atoms with Crippen LogP contribution in [0.3, 0.4) is 0 Å². The fourth-order valence-corrected chi connectivity index (χ4v) is 2.86. The molecule has 3 rings (SSSR count). The standard InChI is InChI=1S/C16H24N4O/c1-12-9-13(2)20-11-14(18-16(20)17-12)10-19(15-5-6-15)7-3-4-8-21/h9,11,15,21H,3-8,10H2,1-2H3. The number of fused-ring (bicyclic) bond motifs is 1. The Bertz CT molecular complexity index is 618. The zero-order valence-corrected chi connectivity index (χ0v) is 12.9. The highest BCUT2D eigenvalue weighted by atomic mass is 16.2. The molecule has 21 heavy (non-hydrogen) atoms. The molecule has 114 valence electrons. The molecule has 1 saturated carbocycles. The molecule has 1 fully saturated rings. The lowest BCUT2D eigenvalue weighted by Crippen LogP contribution is -2.27. The summed E-state index contributed by atoms with van der Waals surface area (Å²) in [5, 5.41) is 8.93. The fourth-order valence-electron chi connectivity index (χ4n) is 2.86. The molecule has 2 aromatic rings. The van der Waals surface area contributed by atoms with Gasteiger partial charge in [0.05, 0.1) is 5.69 Å². The first-order chi connectivity index (χ1) is 10.2. The lowest BCUT2D eigenvalue weighted by atomic mass is 10.3. The Hall–Kier alpha value is -1.46. The molecule has 0 aliphatic heterocycles. The topological polar surface area (TPSA) is 53.7 Å². The van der Waals surface area contributed by atoms with Crippen LogP contribution < -0.4 is 0 Å². The van der Waals surface area contributed by atoms with Crippen LogP contribution in [0.1, 0.15) is 42.8 Å². The van der Waals surface area contributed by atoms with E-state index in [0.29, 0.717) is 6.04 Å². The van der Waals surface area contributed by atoms with E-state index in [9.17, 15) is 0 Å². The smallest absolute Gasteiger partial charge is 0.234 e. The Morgan fingerprint density at radius 3 is 2.81 bits per heavy atom. The monoisotopic (exact) mass is 288 g/mol. The summed E-state index contributed by atoms with van der Waals surface area (Å²) in [6.45, 7) is 6.32. The van der Waals surface area contributed by atoms with E-state index in [2.05, 4.69) is 38.5 Å². The third kappa shape index (κ3) is 3.41. The van der Waals surface area contributed by atoms with Gasteiger partial charge in [0.25, 0.3) is 0 Å². The van der Waals surface area contributed by atoms with Crippen LogP contribution in [0.4, 0.5) is 0 Å². The van der Waals surface area contributed by atoms with Gasteiger partial charge in [-0.3, -0.25) is 9.30 Å². The fraction of sp³-hybridized carbons (Fsp3) is 0.625. The molecule has 0 radical (unpaired) electrons. The Morgan fingerprint density at radius 2 is 2.10 bits per heavy atom. The van der Waals surface area contributed by atoms with Crippen LogP contribution in [0.15, 0.2) is 12.3 Å². The molecule has 5 heteroatoms. The van der Waals surface area contributed by atoms with Gasteiger partial charge in [0.2, 0.25) is 5.78 Å². The zero-order chi connectivity index (χ0) is 14.8. The van der Waals surface area contributed by atoms with Gasteiger partial charge in [-0.05, 0) is 52.1 Å². The van der Waals surface area contributed by atoms with Gasteiger partial charge in [-0.2, -0.15) is 0 Å². The second-order valence-electron chi connectivity index (χ2n) is 6.07. The van der Waals surface area contributed by atoms with Gasteiger partial charge >= 0.3 is 0 Å². The van der Waals surface area contributed by atoms with Gasteiger partial charge in [0.15, 0.2) is 0 Å². The van der Waals surface area contributed by atoms with Crippen molar-refractivity contribution in [3.8, 4) is 0 Å². The molecular weight excluding hydrogens is 264 g/mol. The van der Waals surface area contributed by atoms with Crippen molar-refractivity contribution in [1.29, 1.82) is 0 Å². The van der Waals surface area contributed by atoms with E-state index < -0.39 is 0 Å². The second-order valence-corrected chi connectivity index (χ2v) is 6.07. The summed E-state index contributed by atoms with van der Waals surface area (Å²) in [6.07, 6.45) is 6.63. The first kappa shape index (κ1) is 14.5. The van der Waals surface area contributed by atoms with Crippen molar-refractivity contribution in [2.24, 2.45) is 0 Å².